The molecular weight excluding hydrogens is 336 g/mol. The first kappa shape index (κ1) is 16.6. The van der Waals surface area contributed by atoms with Gasteiger partial charge in [0.05, 0.1) is 5.41 Å². The molecule has 0 bridgehead atoms. The number of fused-ring (bicyclic) bond motifs is 2. The summed E-state index contributed by atoms with van der Waals surface area (Å²) >= 11 is 0. The van der Waals surface area contributed by atoms with Gasteiger partial charge in [0, 0.05) is 25.2 Å². The minimum atomic E-state index is -0.708. The maximum atomic E-state index is 12.8. The Hall–Kier alpha value is -2.90. The number of nitrogens with one attached hydrogen (secondary N) is 3. The number of hydrogen-bond acceptors (Lipinski definition) is 4. The molecule has 0 saturated carbocycles. The van der Waals surface area contributed by atoms with Crippen molar-refractivity contribution in [3.8, 4) is 0 Å². The molecule has 3 aliphatic heterocycles. The third kappa shape index (κ3) is 2.61. The molecule has 2 saturated heterocycles. The van der Waals surface area contributed by atoms with E-state index in [2.05, 4.69) is 16.0 Å². The summed E-state index contributed by atoms with van der Waals surface area (Å²) in [6, 6.07) is 6.33. The van der Waals surface area contributed by atoms with Crippen LogP contribution < -0.4 is 16.0 Å². The molecule has 3 aliphatic rings. The van der Waals surface area contributed by atoms with Crippen LogP contribution in [0.25, 0.3) is 0 Å². The molecule has 8 nitrogen and oxygen atoms in total. The first-order valence-electron chi connectivity index (χ1n) is 8.80. The van der Waals surface area contributed by atoms with Gasteiger partial charge in [-0.15, -0.1) is 0 Å². The van der Waals surface area contributed by atoms with E-state index in [1.165, 1.54) is 0 Å². The molecule has 1 spiro atoms. The van der Waals surface area contributed by atoms with Crippen LogP contribution in [0.5, 0.6) is 0 Å². The fourth-order valence-electron chi connectivity index (χ4n) is 4.12. The van der Waals surface area contributed by atoms with Gasteiger partial charge >= 0.3 is 6.03 Å². The number of carbonyl (C=O) groups excluding carboxylic acids is 4. The molecular formula is C18H20N4O4. The SMILES string of the molecule is O=C1CCC(C(=O)N2CCC3(CC2)C(=O)Nc2ccccc23)NC(=O)N1. The number of rotatable bonds is 1. The lowest BCUT2D eigenvalue weighted by Crippen LogP contribution is -2.54. The van der Waals surface area contributed by atoms with E-state index in [1.807, 2.05) is 24.3 Å². The first-order valence-corrected chi connectivity index (χ1v) is 8.80. The van der Waals surface area contributed by atoms with Crippen LogP contribution in [-0.4, -0.2) is 47.8 Å². The van der Waals surface area contributed by atoms with E-state index in [1.54, 1.807) is 4.90 Å². The van der Waals surface area contributed by atoms with Gasteiger partial charge in [-0.3, -0.25) is 19.7 Å². The average molecular weight is 356 g/mol. The molecule has 2 fully saturated rings. The number of hydrogen-bond donors (Lipinski definition) is 3. The summed E-state index contributed by atoms with van der Waals surface area (Å²) in [5.41, 5.74) is 1.25. The van der Waals surface area contributed by atoms with Crippen molar-refractivity contribution in [2.45, 2.75) is 37.1 Å². The molecule has 1 unspecified atom stereocenters. The Labute approximate surface area is 150 Å². The third-order valence-corrected chi connectivity index (χ3v) is 5.57. The van der Waals surface area contributed by atoms with E-state index < -0.39 is 17.5 Å². The Morgan fingerprint density at radius 2 is 1.81 bits per heavy atom. The van der Waals surface area contributed by atoms with Crippen LogP contribution in [0.3, 0.4) is 0 Å². The normalized spacial score (nSPS) is 24.4. The van der Waals surface area contributed by atoms with Gasteiger partial charge in [0.15, 0.2) is 0 Å². The first-order chi connectivity index (χ1) is 12.5. The Bertz CT molecular complexity index is 798. The van der Waals surface area contributed by atoms with Crippen LogP contribution >= 0.6 is 0 Å². The zero-order chi connectivity index (χ0) is 18.3. The van der Waals surface area contributed by atoms with Crippen molar-refractivity contribution < 1.29 is 19.2 Å². The molecule has 3 heterocycles. The minimum Gasteiger partial charge on any atom is -0.341 e. The Kier molecular flexibility index (Phi) is 3.90. The number of urea groups is 1. The summed E-state index contributed by atoms with van der Waals surface area (Å²) in [5, 5.41) is 7.66. The molecule has 8 heteroatoms. The maximum absolute atomic E-state index is 12.8. The van der Waals surface area contributed by atoms with Gasteiger partial charge < -0.3 is 15.5 Å². The lowest BCUT2D eigenvalue weighted by atomic mass is 9.73. The van der Waals surface area contributed by atoms with Crippen LogP contribution in [0, 0.1) is 0 Å². The highest BCUT2D eigenvalue weighted by molar-refractivity contribution is 6.06. The average Bonchev–Trinajstić information content (AvgIpc) is 2.78. The number of benzene rings is 1. The van der Waals surface area contributed by atoms with E-state index >= 15 is 0 Å². The summed E-state index contributed by atoms with van der Waals surface area (Å²) in [4.78, 5) is 50.1. The number of amides is 5. The monoisotopic (exact) mass is 356 g/mol. The Morgan fingerprint density at radius 3 is 2.58 bits per heavy atom. The number of imide groups is 1. The molecule has 136 valence electrons. The molecule has 1 atom stereocenters. The molecule has 3 N–H and O–H groups in total. The van der Waals surface area contributed by atoms with Crippen molar-refractivity contribution in [1.29, 1.82) is 0 Å². The summed E-state index contributed by atoms with van der Waals surface area (Å²) in [7, 11) is 0. The van der Waals surface area contributed by atoms with Gasteiger partial charge in [0.2, 0.25) is 17.7 Å². The van der Waals surface area contributed by atoms with Crippen LogP contribution in [0.2, 0.25) is 0 Å². The lowest BCUT2D eigenvalue weighted by Gasteiger charge is -2.39. The van der Waals surface area contributed by atoms with Crippen molar-refractivity contribution in [2.24, 2.45) is 0 Å². The molecule has 0 aliphatic carbocycles. The van der Waals surface area contributed by atoms with Gasteiger partial charge in [-0.1, -0.05) is 18.2 Å². The molecule has 5 amide bonds. The van der Waals surface area contributed by atoms with Crippen LogP contribution in [0.15, 0.2) is 24.3 Å². The Balaban J connectivity index is 1.47. The number of anilines is 1. The predicted octanol–water partition coefficient (Wildman–Crippen LogP) is 0.487. The highest BCUT2D eigenvalue weighted by atomic mass is 16.2. The number of likely N-dealkylation sites (tertiary alicyclic amines) is 1. The van der Waals surface area contributed by atoms with Crippen molar-refractivity contribution in [3.05, 3.63) is 29.8 Å². The number of nitrogens with zero attached hydrogens (tertiary/aromatic N) is 1. The quantitative estimate of drug-likeness (QED) is 0.680. The van der Waals surface area contributed by atoms with Crippen molar-refractivity contribution in [1.82, 2.24) is 15.5 Å². The molecule has 0 radical (unpaired) electrons. The number of carbonyl (C=O) groups is 4. The zero-order valence-electron chi connectivity index (χ0n) is 14.2. The minimum absolute atomic E-state index is 0.0108. The van der Waals surface area contributed by atoms with E-state index in [9.17, 15) is 19.2 Å². The van der Waals surface area contributed by atoms with E-state index in [0.717, 1.165) is 11.3 Å². The van der Waals surface area contributed by atoms with E-state index in [0.29, 0.717) is 25.9 Å². The number of para-hydroxylation sites is 1. The molecule has 1 aromatic rings. The lowest BCUT2D eigenvalue weighted by molar-refractivity contribution is -0.137. The number of piperidine rings is 1. The molecule has 4 rings (SSSR count). The fraction of sp³-hybridized carbons (Fsp3) is 0.444. The molecule has 1 aromatic carbocycles. The molecule has 0 aromatic heterocycles. The maximum Gasteiger partial charge on any atom is 0.322 e. The summed E-state index contributed by atoms with van der Waals surface area (Å²) in [5.74, 6) is -0.589. The summed E-state index contributed by atoms with van der Waals surface area (Å²) in [6.45, 7) is 0.878. The van der Waals surface area contributed by atoms with Crippen molar-refractivity contribution >= 4 is 29.4 Å². The van der Waals surface area contributed by atoms with Crippen LogP contribution in [-0.2, 0) is 19.8 Å². The highest BCUT2D eigenvalue weighted by Gasteiger charge is 2.49. The second kappa shape index (κ2) is 6.12. The van der Waals surface area contributed by atoms with Crippen LogP contribution in [0.4, 0.5) is 10.5 Å². The van der Waals surface area contributed by atoms with E-state index in [-0.39, 0.29) is 30.6 Å². The van der Waals surface area contributed by atoms with Gasteiger partial charge in [0.25, 0.3) is 0 Å². The standard InChI is InChI=1S/C18H20N4O4/c23-14-6-5-13(20-17(26)21-14)15(24)22-9-7-18(8-10-22)11-3-1-2-4-12(11)19-16(18)25/h1-4,13H,5-10H2,(H,19,25)(H2,20,21,23,26). The zero-order valence-corrected chi connectivity index (χ0v) is 14.2. The van der Waals surface area contributed by atoms with Crippen molar-refractivity contribution in [2.75, 3.05) is 18.4 Å². The molecule has 26 heavy (non-hydrogen) atoms. The second-order valence-electron chi connectivity index (χ2n) is 7.02. The van der Waals surface area contributed by atoms with Crippen LogP contribution in [0.1, 0.15) is 31.2 Å². The van der Waals surface area contributed by atoms with E-state index in [4.69, 9.17) is 0 Å². The topological polar surface area (TPSA) is 108 Å². The summed E-state index contributed by atoms with van der Waals surface area (Å²) in [6.07, 6.45) is 1.49. The van der Waals surface area contributed by atoms with Gasteiger partial charge in [-0.2, -0.15) is 0 Å². The van der Waals surface area contributed by atoms with Gasteiger partial charge in [-0.25, -0.2) is 4.79 Å². The van der Waals surface area contributed by atoms with Crippen molar-refractivity contribution in [3.63, 3.8) is 0 Å². The van der Waals surface area contributed by atoms with Gasteiger partial charge in [0.1, 0.15) is 6.04 Å². The smallest absolute Gasteiger partial charge is 0.322 e. The second-order valence-corrected chi connectivity index (χ2v) is 7.02. The fourth-order valence-corrected chi connectivity index (χ4v) is 4.12. The summed E-state index contributed by atoms with van der Waals surface area (Å²) < 4.78 is 0. The third-order valence-electron chi connectivity index (χ3n) is 5.57. The predicted molar refractivity (Wildman–Crippen MR) is 92.3 cm³/mol. The van der Waals surface area contributed by atoms with Gasteiger partial charge in [-0.05, 0) is 30.9 Å². The highest BCUT2D eigenvalue weighted by Crippen LogP contribution is 2.44. The largest absolute Gasteiger partial charge is 0.341 e. The Morgan fingerprint density at radius 1 is 1.08 bits per heavy atom.